The van der Waals surface area contributed by atoms with Gasteiger partial charge in [0.15, 0.2) is 6.10 Å². The average Bonchev–Trinajstić information content (AvgIpc) is 3.20. The summed E-state index contributed by atoms with van der Waals surface area (Å²) in [6.07, 6.45) is 46.8. The van der Waals surface area contributed by atoms with Crippen LogP contribution in [0.15, 0.2) is 12.2 Å². The predicted octanol–water partition coefficient (Wildman–Crippen LogP) is 14.8. The van der Waals surface area contributed by atoms with Crippen LogP contribution >= 0.6 is 7.82 Å². The maximum absolute atomic E-state index is 12.7. The van der Waals surface area contributed by atoms with E-state index in [9.17, 15) is 19.0 Å². The molecular formula is C49H96NO8P. The minimum absolute atomic E-state index is 0.0107. The molecule has 0 saturated heterocycles. The van der Waals surface area contributed by atoms with Gasteiger partial charge in [0.25, 0.3) is 0 Å². The number of ether oxygens (including phenoxy) is 2. The Morgan fingerprint density at radius 1 is 0.508 bits per heavy atom. The summed E-state index contributed by atoms with van der Waals surface area (Å²) in [7, 11) is -0.701. The number of carbonyl (C=O) groups is 2. The first-order valence-corrected chi connectivity index (χ1v) is 26.5. The van der Waals surface area contributed by atoms with E-state index in [0.717, 1.165) is 32.1 Å². The summed E-state index contributed by atoms with van der Waals surface area (Å²) in [6.45, 7) is 4.37. The monoisotopic (exact) mass is 858 g/mol. The van der Waals surface area contributed by atoms with Crippen LogP contribution in [0, 0.1) is 0 Å². The van der Waals surface area contributed by atoms with Gasteiger partial charge in [-0.25, -0.2) is 4.57 Å². The molecule has 0 aromatic rings. The predicted molar refractivity (Wildman–Crippen MR) is 248 cm³/mol. The highest BCUT2D eigenvalue weighted by molar-refractivity contribution is 7.47. The summed E-state index contributed by atoms with van der Waals surface area (Å²) in [5.41, 5.74) is 0. The molecule has 2 unspecified atom stereocenters. The van der Waals surface area contributed by atoms with E-state index in [1.165, 1.54) is 180 Å². The number of allylic oxidation sites excluding steroid dienone is 2. The number of rotatable bonds is 47. The molecule has 0 heterocycles. The van der Waals surface area contributed by atoms with Gasteiger partial charge in [-0.15, -0.1) is 0 Å². The zero-order valence-electron chi connectivity index (χ0n) is 39.2. The number of esters is 2. The van der Waals surface area contributed by atoms with Crippen LogP contribution in [0.4, 0.5) is 0 Å². The topological polar surface area (TPSA) is 112 Å². The molecule has 2 atom stereocenters. The molecule has 0 aliphatic carbocycles. The first-order chi connectivity index (χ1) is 28.7. The van der Waals surface area contributed by atoms with E-state index in [1.54, 1.807) is 0 Å². The van der Waals surface area contributed by atoms with Gasteiger partial charge < -0.3 is 19.3 Å². The Balaban J connectivity index is 4.17. The van der Waals surface area contributed by atoms with Crippen molar-refractivity contribution < 1.29 is 37.6 Å². The van der Waals surface area contributed by atoms with Gasteiger partial charge in [-0.05, 0) is 52.6 Å². The molecule has 0 aliphatic heterocycles. The van der Waals surface area contributed by atoms with E-state index in [0.29, 0.717) is 19.4 Å². The first-order valence-electron chi connectivity index (χ1n) is 25.0. The Labute approximate surface area is 364 Å². The van der Waals surface area contributed by atoms with Crippen LogP contribution in [0.3, 0.4) is 0 Å². The van der Waals surface area contributed by atoms with Crippen LogP contribution in [0.1, 0.15) is 245 Å². The van der Waals surface area contributed by atoms with Gasteiger partial charge in [0.1, 0.15) is 6.61 Å². The zero-order valence-corrected chi connectivity index (χ0v) is 40.1. The Bertz CT molecular complexity index is 993. The maximum Gasteiger partial charge on any atom is 0.472 e. The van der Waals surface area contributed by atoms with Crippen LogP contribution in [-0.2, 0) is 32.7 Å². The van der Waals surface area contributed by atoms with Crippen LogP contribution in [-0.4, -0.2) is 68.3 Å². The third-order valence-corrected chi connectivity index (χ3v) is 12.1. The molecule has 10 heteroatoms. The Kier molecular flexibility index (Phi) is 43.8. The van der Waals surface area contributed by atoms with Crippen molar-refractivity contribution >= 4 is 19.8 Å². The van der Waals surface area contributed by atoms with Gasteiger partial charge in [-0.1, -0.05) is 206 Å². The molecule has 9 nitrogen and oxygen atoms in total. The summed E-state index contributed by atoms with van der Waals surface area (Å²) in [4.78, 5) is 37.2. The minimum atomic E-state index is -4.36. The smallest absolute Gasteiger partial charge is 0.462 e. The number of nitrogens with zero attached hydrogens (tertiary/aromatic N) is 1. The lowest BCUT2D eigenvalue weighted by Gasteiger charge is -2.20. The fourth-order valence-electron chi connectivity index (χ4n) is 7.21. The zero-order chi connectivity index (χ0) is 43.3. The minimum Gasteiger partial charge on any atom is -0.462 e. The average molecular weight is 858 g/mol. The van der Waals surface area contributed by atoms with Crippen molar-refractivity contribution in [1.82, 2.24) is 4.90 Å². The van der Waals surface area contributed by atoms with Crippen LogP contribution < -0.4 is 0 Å². The second kappa shape index (κ2) is 44.8. The number of phosphoric acid groups is 1. The Morgan fingerprint density at radius 3 is 1.25 bits per heavy atom. The molecule has 0 saturated carbocycles. The SMILES string of the molecule is CCCCCCCC/C=C\CCCCCCCCCCCC(=O)OCC(COP(=O)(O)OCCN(C)C)OC(=O)CCCCCCCCCCCCCCCCCCC. The van der Waals surface area contributed by atoms with E-state index in [-0.39, 0.29) is 25.6 Å². The van der Waals surface area contributed by atoms with Gasteiger partial charge >= 0.3 is 19.8 Å². The summed E-state index contributed by atoms with van der Waals surface area (Å²) in [5.74, 6) is -0.790. The molecule has 0 spiro atoms. The molecular weight excluding hydrogens is 762 g/mol. The molecule has 0 radical (unpaired) electrons. The molecule has 0 rings (SSSR count). The van der Waals surface area contributed by atoms with Gasteiger partial charge in [-0.3, -0.25) is 18.6 Å². The molecule has 59 heavy (non-hydrogen) atoms. The van der Waals surface area contributed by atoms with Crippen molar-refractivity contribution in [2.45, 2.75) is 251 Å². The Morgan fingerprint density at radius 2 is 0.864 bits per heavy atom. The highest BCUT2D eigenvalue weighted by atomic mass is 31.2. The second-order valence-corrected chi connectivity index (χ2v) is 18.8. The third kappa shape index (κ3) is 46.1. The lowest BCUT2D eigenvalue weighted by molar-refractivity contribution is -0.161. The quantitative estimate of drug-likeness (QED) is 0.0277. The van der Waals surface area contributed by atoms with E-state index in [2.05, 4.69) is 26.0 Å². The lowest BCUT2D eigenvalue weighted by Crippen LogP contribution is -2.29. The van der Waals surface area contributed by atoms with E-state index in [4.69, 9.17) is 18.5 Å². The number of unbranched alkanes of at least 4 members (excludes halogenated alkanes) is 31. The van der Waals surface area contributed by atoms with Crippen molar-refractivity contribution in [3.05, 3.63) is 12.2 Å². The van der Waals surface area contributed by atoms with Crippen molar-refractivity contribution in [3.8, 4) is 0 Å². The summed E-state index contributed by atoms with van der Waals surface area (Å²) in [6, 6.07) is 0. The largest absolute Gasteiger partial charge is 0.472 e. The number of carbonyl (C=O) groups excluding carboxylic acids is 2. The summed E-state index contributed by atoms with van der Waals surface area (Å²) in [5, 5.41) is 0. The molecule has 0 bridgehead atoms. The normalized spacial score (nSPS) is 13.3. The Hall–Kier alpha value is -1.25. The van der Waals surface area contributed by atoms with E-state index >= 15 is 0 Å². The molecule has 0 aromatic heterocycles. The molecule has 1 N–H and O–H groups in total. The van der Waals surface area contributed by atoms with Crippen LogP contribution in [0.5, 0.6) is 0 Å². The van der Waals surface area contributed by atoms with Gasteiger partial charge in [0.2, 0.25) is 0 Å². The van der Waals surface area contributed by atoms with Crippen LogP contribution in [0.2, 0.25) is 0 Å². The molecule has 0 amide bonds. The summed E-state index contributed by atoms with van der Waals surface area (Å²) >= 11 is 0. The molecule has 0 aromatic carbocycles. The number of likely N-dealkylation sites (N-methyl/N-ethyl adjacent to an activating group) is 1. The van der Waals surface area contributed by atoms with E-state index in [1.807, 2.05) is 19.0 Å². The first kappa shape index (κ1) is 57.8. The van der Waals surface area contributed by atoms with Crippen molar-refractivity contribution in [2.75, 3.05) is 40.5 Å². The standard InChI is InChI=1S/C49H96NO8P/c1-5-7-9-11-13-15-17-19-21-23-24-26-27-29-31-33-35-37-39-41-48(51)55-45-47(46-57-59(53,54)56-44-43-50(3)4)58-49(52)42-40-38-36-34-32-30-28-25-22-20-18-16-14-12-10-8-6-2/h19,21,47H,5-18,20,22-46H2,1-4H3,(H,53,54)/b21-19-. The fourth-order valence-corrected chi connectivity index (χ4v) is 7.96. The number of hydrogen-bond donors (Lipinski definition) is 1. The van der Waals surface area contributed by atoms with Crippen molar-refractivity contribution in [3.63, 3.8) is 0 Å². The van der Waals surface area contributed by atoms with E-state index < -0.39 is 26.5 Å². The number of hydrogen-bond acceptors (Lipinski definition) is 8. The number of phosphoric ester groups is 1. The highest BCUT2D eigenvalue weighted by Crippen LogP contribution is 2.43. The van der Waals surface area contributed by atoms with Gasteiger partial charge in [0.05, 0.1) is 13.2 Å². The second-order valence-electron chi connectivity index (χ2n) is 17.4. The van der Waals surface area contributed by atoms with Gasteiger partial charge in [0, 0.05) is 19.4 Å². The van der Waals surface area contributed by atoms with Gasteiger partial charge in [-0.2, -0.15) is 0 Å². The fraction of sp³-hybridized carbons (Fsp3) is 0.918. The van der Waals surface area contributed by atoms with Crippen molar-refractivity contribution in [1.29, 1.82) is 0 Å². The molecule has 0 aliphatic rings. The van der Waals surface area contributed by atoms with Crippen molar-refractivity contribution in [2.24, 2.45) is 0 Å². The third-order valence-electron chi connectivity index (χ3n) is 11.1. The summed E-state index contributed by atoms with van der Waals surface area (Å²) < 4.78 is 33.6. The lowest BCUT2D eigenvalue weighted by atomic mass is 10.0. The highest BCUT2D eigenvalue weighted by Gasteiger charge is 2.26. The maximum atomic E-state index is 12.7. The molecule has 0 fully saturated rings. The van der Waals surface area contributed by atoms with Crippen LogP contribution in [0.25, 0.3) is 0 Å². The molecule has 350 valence electrons.